The van der Waals surface area contributed by atoms with Gasteiger partial charge in [0.2, 0.25) is 0 Å². The Morgan fingerprint density at radius 2 is 2.26 bits per heavy atom. The predicted octanol–water partition coefficient (Wildman–Crippen LogP) is 3.17. The lowest BCUT2D eigenvalue weighted by atomic mass is 9.95. The highest BCUT2D eigenvalue weighted by Crippen LogP contribution is 2.20. The van der Waals surface area contributed by atoms with Gasteiger partial charge in [0, 0.05) is 10.7 Å². The summed E-state index contributed by atoms with van der Waals surface area (Å²) in [5, 5.41) is 13.0. The van der Waals surface area contributed by atoms with E-state index in [0.29, 0.717) is 6.42 Å². The molecule has 0 saturated carbocycles. The standard InChI is InChI=1S/C13H19BrN2O2S/c1-13(15-2,12(17)18)7-3-4-8-19-11-6-5-10(14)9-16-11/h5-6,9,15H,3-4,7-8H2,1-2H3,(H,17,18). The number of hydrogen-bond donors (Lipinski definition) is 2. The molecule has 106 valence electrons. The maximum atomic E-state index is 11.1. The van der Waals surface area contributed by atoms with Crippen molar-refractivity contribution >= 4 is 33.7 Å². The van der Waals surface area contributed by atoms with E-state index in [1.165, 1.54) is 0 Å². The van der Waals surface area contributed by atoms with Crippen molar-refractivity contribution in [2.75, 3.05) is 12.8 Å². The normalized spacial score (nSPS) is 14.1. The first-order chi connectivity index (χ1) is 8.98. The van der Waals surface area contributed by atoms with Crippen molar-refractivity contribution in [3.05, 3.63) is 22.8 Å². The molecule has 19 heavy (non-hydrogen) atoms. The van der Waals surface area contributed by atoms with Crippen molar-refractivity contribution in [3.8, 4) is 0 Å². The number of halogens is 1. The van der Waals surface area contributed by atoms with E-state index in [0.717, 1.165) is 28.1 Å². The van der Waals surface area contributed by atoms with E-state index in [-0.39, 0.29) is 0 Å². The van der Waals surface area contributed by atoms with Gasteiger partial charge >= 0.3 is 5.97 Å². The number of likely N-dealkylation sites (N-methyl/N-ethyl adjacent to an activating group) is 1. The van der Waals surface area contributed by atoms with Crippen LogP contribution in [0.2, 0.25) is 0 Å². The van der Waals surface area contributed by atoms with Crippen molar-refractivity contribution in [2.24, 2.45) is 0 Å². The molecule has 0 aromatic carbocycles. The van der Waals surface area contributed by atoms with Gasteiger partial charge in [0.1, 0.15) is 5.54 Å². The van der Waals surface area contributed by atoms with E-state index in [1.807, 2.05) is 12.1 Å². The van der Waals surface area contributed by atoms with Gasteiger partial charge in [-0.05, 0) is 60.6 Å². The van der Waals surface area contributed by atoms with Gasteiger partial charge in [-0.15, -0.1) is 11.8 Å². The van der Waals surface area contributed by atoms with Gasteiger partial charge in [0.25, 0.3) is 0 Å². The fraction of sp³-hybridized carbons (Fsp3) is 0.538. The second-order valence-electron chi connectivity index (χ2n) is 4.51. The van der Waals surface area contributed by atoms with Gasteiger partial charge in [-0.2, -0.15) is 0 Å². The number of rotatable bonds is 8. The van der Waals surface area contributed by atoms with Gasteiger partial charge in [-0.3, -0.25) is 4.79 Å². The van der Waals surface area contributed by atoms with Crippen molar-refractivity contribution in [3.63, 3.8) is 0 Å². The van der Waals surface area contributed by atoms with Gasteiger partial charge in [-0.25, -0.2) is 4.98 Å². The number of carboxylic acid groups (broad SMARTS) is 1. The minimum atomic E-state index is -0.819. The molecule has 1 aromatic rings. The van der Waals surface area contributed by atoms with Gasteiger partial charge in [0.15, 0.2) is 0 Å². The Morgan fingerprint density at radius 1 is 1.53 bits per heavy atom. The van der Waals surface area contributed by atoms with E-state index < -0.39 is 11.5 Å². The first kappa shape index (κ1) is 16.5. The number of carbonyl (C=O) groups is 1. The minimum Gasteiger partial charge on any atom is -0.480 e. The highest BCUT2D eigenvalue weighted by molar-refractivity contribution is 9.10. The second kappa shape index (κ2) is 7.87. The summed E-state index contributed by atoms with van der Waals surface area (Å²) >= 11 is 5.04. The van der Waals surface area contributed by atoms with Crippen LogP contribution >= 0.6 is 27.7 Å². The Bertz CT molecular complexity index is 414. The highest BCUT2D eigenvalue weighted by atomic mass is 79.9. The number of aliphatic carboxylic acids is 1. The number of aromatic nitrogens is 1. The molecule has 6 heteroatoms. The second-order valence-corrected chi connectivity index (χ2v) is 6.54. The molecule has 0 fully saturated rings. The Kier molecular flexibility index (Phi) is 6.82. The van der Waals surface area contributed by atoms with E-state index >= 15 is 0 Å². The zero-order valence-electron chi connectivity index (χ0n) is 11.1. The molecule has 0 aliphatic heterocycles. The maximum Gasteiger partial charge on any atom is 0.323 e. The fourth-order valence-corrected chi connectivity index (χ4v) is 2.63. The van der Waals surface area contributed by atoms with Crippen LogP contribution in [0.1, 0.15) is 26.2 Å². The van der Waals surface area contributed by atoms with Crippen LogP contribution in [0.25, 0.3) is 0 Å². The SMILES string of the molecule is CNC(C)(CCCCSc1ccc(Br)cn1)C(=O)O. The zero-order chi connectivity index (χ0) is 14.3. The largest absolute Gasteiger partial charge is 0.480 e. The summed E-state index contributed by atoms with van der Waals surface area (Å²) in [5.74, 6) is 0.158. The molecular formula is C13H19BrN2O2S. The molecule has 0 spiro atoms. The summed E-state index contributed by atoms with van der Waals surface area (Å²) in [7, 11) is 1.69. The Hall–Kier alpha value is -0.590. The summed E-state index contributed by atoms with van der Waals surface area (Å²) in [4.78, 5) is 15.4. The lowest BCUT2D eigenvalue weighted by Crippen LogP contribution is -2.47. The molecule has 1 atom stereocenters. The summed E-state index contributed by atoms with van der Waals surface area (Å²) in [5.41, 5.74) is -0.819. The quantitative estimate of drug-likeness (QED) is 0.559. The van der Waals surface area contributed by atoms with Crippen LogP contribution in [0.15, 0.2) is 27.8 Å². The van der Waals surface area contributed by atoms with Crippen LogP contribution < -0.4 is 5.32 Å². The van der Waals surface area contributed by atoms with Gasteiger partial charge < -0.3 is 10.4 Å². The average Bonchev–Trinajstić information content (AvgIpc) is 2.40. The number of pyridine rings is 1. The fourth-order valence-electron chi connectivity index (χ4n) is 1.54. The molecule has 0 aliphatic rings. The van der Waals surface area contributed by atoms with Crippen LogP contribution in [0.4, 0.5) is 0 Å². The monoisotopic (exact) mass is 346 g/mol. The lowest BCUT2D eigenvalue weighted by Gasteiger charge is -2.23. The Balaban J connectivity index is 2.24. The molecule has 1 rings (SSSR count). The third-order valence-electron chi connectivity index (χ3n) is 3.05. The highest BCUT2D eigenvalue weighted by Gasteiger charge is 2.29. The van der Waals surface area contributed by atoms with E-state index in [1.54, 1.807) is 31.9 Å². The molecule has 0 amide bonds. The molecule has 0 aliphatic carbocycles. The Labute approximate surface area is 126 Å². The number of carboxylic acids is 1. The van der Waals surface area contributed by atoms with E-state index in [9.17, 15) is 4.79 Å². The van der Waals surface area contributed by atoms with Crippen LogP contribution in [0.5, 0.6) is 0 Å². The molecule has 1 heterocycles. The molecule has 4 nitrogen and oxygen atoms in total. The van der Waals surface area contributed by atoms with Crippen LogP contribution in [0.3, 0.4) is 0 Å². The maximum absolute atomic E-state index is 11.1. The van der Waals surface area contributed by atoms with E-state index in [2.05, 4.69) is 26.2 Å². The van der Waals surface area contributed by atoms with Crippen molar-refractivity contribution in [2.45, 2.75) is 36.8 Å². The smallest absolute Gasteiger partial charge is 0.323 e. The number of thioether (sulfide) groups is 1. The number of nitrogens with zero attached hydrogens (tertiary/aromatic N) is 1. The van der Waals surface area contributed by atoms with Crippen molar-refractivity contribution in [1.29, 1.82) is 0 Å². The van der Waals surface area contributed by atoms with Crippen LogP contribution in [-0.2, 0) is 4.79 Å². The summed E-state index contributed by atoms with van der Waals surface area (Å²) in [6.45, 7) is 1.72. The third-order valence-corrected chi connectivity index (χ3v) is 4.54. The summed E-state index contributed by atoms with van der Waals surface area (Å²) in [6, 6.07) is 3.95. The molecule has 2 N–H and O–H groups in total. The summed E-state index contributed by atoms with van der Waals surface area (Å²) < 4.78 is 0.975. The minimum absolute atomic E-state index is 0.632. The lowest BCUT2D eigenvalue weighted by molar-refractivity contribution is -0.144. The molecule has 0 bridgehead atoms. The van der Waals surface area contributed by atoms with Crippen LogP contribution in [-0.4, -0.2) is 34.4 Å². The zero-order valence-corrected chi connectivity index (χ0v) is 13.6. The topological polar surface area (TPSA) is 62.2 Å². The van der Waals surface area contributed by atoms with Gasteiger partial charge in [-0.1, -0.05) is 6.42 Å². The molecule has 0 saturated heterocycles. The average molecular weight is 347 g/mol. The predicted molar refractivity (Wildman–Crippen MR) is 81.6 cm³/mol. The molecular weight excluding hydrogens is 328 g/mol. The first-order valence-electron chi connectivity index (χ1n) is 6.14. The van der Waals surface area contributed by atoms with Gasteiger partial charge in [0.05, 0.1) is 5.03 Å². The van der Waals surface area contributed by atoms with E-state index in [4.69, 9.17) is 5.11 Å². The molecule has 0 radical (unpaired) electrons. The van der Waals surface area contributed by atoms with Crippen molar-refractivity contribution in [1.82, 2.24) is 10.3 Å². The number of unbranched alkanes of at least 4 members (excludes halogenated alkanes) is 1. The Morgan fingerprint density at radius 3 is 2.79 bits per heavy atom. The summed E-state index contributed by atoms with van der Waals surface area (Å²) in [6.07, 6.45) is 4.28. The number of nitrogens with one attached hydrogen (secondary N) is 1. The van der Waals surface area contributed by atoms with Crippen LogP contribution in [0, 0.1) is 0 Å². The molecule has 1 unspecified atom stereocenters. The van der Waals surface area contributed by atoms with Crippen molar-refractivity contribution < 1.29 is 9.90 Å². The first-order valence-corrected chi connectivity index (χ1v) is 7.92. The molecule has 1 aromatic heterocycles. The third kappa shape index (κ3) is 5.50. The number of hydrogen-bond acceptors (Lipinski definition) is 4.